The number of nitrogens with zero attached hydrogens (tertiary/aromatic N) is 3. The zero-order valence-corrected chi connectivity index (χ0v) is 14.7. The van der Waals surface area contributed by atoms with Crippen molar-refractivity contribution in [2.45, 2.75) is 0 Å². The average Bonchev–Trinajstić information content (AvgIpc) is 3.20. The SMILES string of the molecule is Cn1cc(/C=C(\C#N)C(=O)Nc2nc3ccccc3s2)c2ccccc21. The van der Waals surface area contributed by atoms with E-state index in [4.69, 9.17) is 0 Å². The third-order valence-electron chi connectivity index (χ3n) is 4.11. The number of amides is 1. The molecule has 0 aliphatic heterocycles. The molecular formula is C20H14N4OS. The van der Waals surface area contributed by atoms with Gasteiger partial charge in [0.15, 0.2) is 5.13 Å². The Bertz CT molecular complexity index is 1180. The number of hydrogen-bond donors (Lipinski definition) is 1. The predicted octanol–water partition coefficient (Wildman–Crippen LogP) is 4.33. The molecule has 2 aromatic heterocycles. The van der Waals surface area contributed by atoms with Gasteiger partial charge in [-0.05, 0) is 24.3 Å². The van der Waals surface area contributed by atoms with Crippen LogP contribution < -0.4 is 5.32 Å². The molecule has 5 nitrogen and oxygen atoms in total. The summed E-state index contributed by atoms with van der Waals surface area (Å²) in [4.78, 5) is 16.9. The maximum Gasteiger partial charge on any atom is 0.268 e. The average molecular weight is 358 g/mol. The third kappa shape index (κ3) is 2.85. The van der Waals surface area contributed by atoms with Crippen LogP contribution in [0.5, 0.6) is 0 Å². The summed E-state index contributed by atoms with van der Waals surface area (Å²) in [5, 5.41) is 13.7. The molecule has 0 fully saturated rings. The van der Waals surface area contributed by atoms with Crippen LogP contribution >= 0.6 is 11.3 Å². The van der Waals surface area contributed by atoms with Gasteiger partial charge < -0.3 is 4.57 Å². The van der Waals surface area contributed by atoms with E-state index in [1.807, 2.05) is 72.4 Å². The van der Waals surface area contributed by atoms with Gasteiger partial charge in [0.25, 0.3) is 5.91 Å². The Hall–Kier alpha value is -3.43. The number of rotatable bonds is 3. The highest BCUT2D eigenvalue weighted by Crippen LogP contribution is 2.26. The van der Waals surface area contributed by atoms with E-state index in [0.29, 0.717) is 5.13 Å². The van der Waals surface area contributed by atoms with E-state index in [2.05, 4.69) is 10.3 Å². The Morgan fingerprint density at radius 3 is 2.81 bits per heavy atom. The first-order valence-corrected chi connectivity index (χ1v) is 8.80. The maximum atomic E-state index is 12.5. The number of carbonyl (C=O) groups is 1. The summed E-state index contributed by atoms with van der Waals surface area (Å²) in [7, 11) is 1.94. The van der Waals surface area contributed by atoms with Crippen molar-refractivity contribution in [1.82, 2.24) is 9.55 Å². The summed E-state index contributed by atoms with van der Waals surface area (Å²) in [6.45, 7) is 0. The van der Waals surface area contributed by atoms with Crippen LogP contribution in [0, 0.1) is 11.3 Å². The molecule has 0 saturated heterocycles. The maximum absolute atomic E-state index is 12.5. The normalized spacial score (nSPS) is 11.6. The lowest BCUT2D eigenvalue weighted by Crippen LogP contribution is -2.13. The van der Waals surface area contributed by atoms with Gasteiger partial charge in [-0.1, -0.05) is 41.7 Å². The molecule has 0 bridgehead atoms. The molecule has 2 aromatic carbocycles. The van der Waals surface area contributed by atoms with E-state index in [-0.39, 0.29) is 5.57 Å². The molecule has 2 heterocycles. The molecule has 1 N–H and O–H groups in total. The minimum Gasteiger partial charge on any atom is -0.350 e. The van der Waals surface area contributed by atoms with Crippen molar-refractivity contribution in [3.63, 3.8) is 0 Å². The minimum atomic E-state index is -0.459. The predicted molar refractivity (Wildman–Crippen MR) is 105 cm³/mol. The summed E-state index contributed by atoms with van der Waals surface area (Å²) in [5.74, 6) is -0.459. The lowest BCUT2D eigenvalue weighted by Gasteiger charge is -1.99. The van der Waals surface area contributed by atoms with Gasteiger partial charge in [-0.15, -0.1) is 0 Å². The summed E-state index contributed by atoms with van der Waals surface area (Å²) < 4.78 is 2.96. The van der Waals surface area contributed by atoms with E-state index in [9.17, 15) is 10.1 Å². The standard InChI is InChI=1S/C20H14N4OS/c1-24-12-14(15-6-2-4-8-17(15)24)10-13(11-21)19(25)23-20-22-16-7-3-5-9-18(16)26-20/h2-10,12H,1H3,(H,22,23,25)/b13-10+. The van der Waals surface area contributed by atoms with Gasteiger partial charge in [0.2, 0.25) is 0 Å². The zero-order valence-electron chi connectivity index (χ0n) is 13.9. The highest BCUT2D eigenvalue weighted by Gasteiger charge is 2.14. The monoisotopic (exact) mass is 358 g/mol. The molecule has 4 rings (SSSR count). The topological polar surface area (TPSA) is 70.7 Å². The van der Waals surface area contributed by atoms with Crippen LogP contribution in [0.1, 0.15) is 5.56 Å². The second-order valence-corrected chi connectivity index (χ2v) is 6.85. The van der Waals surface area contributed by atoms with Gasteiger partial charge in [-0.3, -0.25) is 10.1 Å². The Balaban J connectivity index is 1.66. The number of nitrogens with one attached hydrogen (secondary N) is 1. The lowest BCUT2D eigenvalue weighted by atomic mass is 10.1. The van der Waals surface area contributed by atoms with Crippen molar-refractivity contribution in [3.05, 3.63) is 65.9 Å². The van der Waals surface area contributed by atoms with Gasteiger partial charge in [0, 0.05) is 29.7 Å². The summed E-state index contributed by atoms with van der Waals surface area (Å²) in [6, 6.07) is 17.5. The van der Waals surface area contributed by atoms with E-state index < -0.39 is 5.91 Å². The Morgan fingerprint density at radius 1 is 1.23 bits per heavy atom. The summed E-state index contributed by atoms with van der Waals surface area (Å²) in [5.41, 5.74) is 2.74. The second-order valence-electron chi connectivity index (χ2n) is 5.82. The number of nitriles is 1. The minimum absolute atomic E-state index is 0.0422. The molecule has 0 saturated carbocycles. The van der Waals surface area contributed by atoms with E-state index in [0.717, 1.165) is 26.7 Å². The van der Waals surface area contributed by atoms with E-state index in [1.54, 1.807) is 6.08 Å². The largest absolute Gasteiger partial charge is 0.350 e. The first kappa shape index (κ1) is 16.1. The van der Waals surface area contributed by atoms with Crippen LogP contribution in [-0.2, 0) is 11.8 Å². The zero-order chi connectivity index (χ0) is 18.1. The molecule has 126 valence electrons. The highest BCUT2D eigenvalue weighted by molar-refractivity contribution is 7.22. The van der Waals surface area contributed by atoms with Crippen molar-refractivity contribution < 1.29 is 4.79 Å². The van der Waals surface area contributed by atoms with Crippen LogP contribution in [0.2, 0.25) is 0 Å². The number of fused-ring (bicyclic) bond motifs is 2. The van der Waals surface area contributed by atoms with Crippen LogP contribution in [0.4, 0.5) is 5.13 Å². The number of aromatic nitrogens is 2. The Labute approximate surface area is 153 Å². The molecule has 26 heavy (non-hydrogen) atoms. The molecule has 6 heteroatoms. The number of thiazole rings is 1. The first-order chi connectivity index (χ1) is 12.7. The first-order valence-electron chi connectivity index (χ1n) is 7.98. The van der Waals surface area contributed by atoms with Gasteiger partial charge >= 0.3 is 0 Å². The third-order valence-corrected chi connectivity index (χ3v) is 5.06. The van der Waals surface area contributed by atoms with E-state index >= 15 is 0 Å². The van der Waals surface area contributed by atoms with Crippen LogP contribution in [0.25, 0.3) is 27.2 Å². The van der Waals surface area contributed by atoms with Crippen LogP contribution in [-0.4, -0.2) is 15.5 Å². The number of benzene rings is 2. The second kappa shape index (κ2) is 6.47. The molecule has 0 unspecified atom stereocenters. The molecule has 4 aromatic rings. The molecule has 0 radical (unpaired) electrons. The lowest BCUT2D eigenvalue weighted by molar-refractivity contribution is -0.112. The van der Waals surface area contributed by atoms with Crippen molar-refractivity contribution in [2.24, 2.45) is 7.05 Å². The number of carbonyl (C=O) groups excluding carboxylic acids is 1. The van der Waals surface area contributed by atoms with Crippen molar-refractivity contribution in [3.8, 4) is 6.07 Å². The Kier molecular flexibility index (Phi) is 3.99. The van der Waals surface area contributed by atoms with Gasteiger partial charge in [0.1, 0.15) is 11.6 Å². The van der Waals surface area contributed by atoms with Crippen molar-refractivity contribution in [1.29, 1.82) is 5.26 Å². The van der Waals surface area contributed by atoms with Crippen LogP contribution in [0.15, 0.2) is 60.3 Å². The highest BCUT2D eigenvalue weighted by atomic mass is 32.1. The fourth-order valence-corrected chi connectivity index (χ4v) is 3.74. The van der Waals surface area contributed by atoms with Gasteiger partial charge in [0.05, 0.1) is 10.2 Å². The number of aryl methyl sites for hydroxylation is 1. The van der Waals surface area contributed by atoms with Gasteiger partial charge in [-0.25, -0.2) is 4.98 Å². The molecule has 0 aliphatic rings. The Morgan fingerprint density at radius 2 is 2.00 bits per heavy atom. The fourth-order valence-electron chi connectivity index (χ4n) is 2.88. The molecular weight excluding hydrogens is 344 g/mol. The van der Waals surface area contributed by atoms with Crippen molar-refractivity contribution >= 4 is 49.6 Å². The van der Waals surface area contributed by atoms with Gasteiger partial charge in [-0.2, -0.15) is 5.26 Å². The smallest absolute Gasteiger partial charge is 0.268 e. The molecule has 0 atom stereocenters. The molecule has 0 spiro atoms. The quantitative estimate of drug-likeness (QED) is 0.438. The van der Waals surface area contributed by atoms with E-state index in [1.165, 1.54) is 11.3 Å². The number of hydrogen-bond acceptors (Lipinski definition) is 4. The number of anilines is 1. The summed E-state index contributed by atoms with van der Waals surface area (Å²) in [6.07, 6.45) is 3.53. The fraction of sp³-hybridized carbons (Fsp3) is 0.0500. The molecule has 1 amide bonds. The molecule has 0 aliphatic carbocycles. The number of para-hydroxylation sites is 2. The van der Waals surface area contributed by atoms with Crippen LogP contribution in [0.3, 0.4) is 0 Å². The summed E-state index contributed by atoms with van der Waals surface area (Å²) >= 11 is 1.38. The van der Waals surface area contributed by atoms with Crippen molar-refractivity contribution in [2.75, 3.05) is 5.32 Å².